The van der Waals surface area contributed by atoms with E-state index in [1.165, 1.54) is 26.2 Å². The first kappa shape index (κ1) is 21.8. The number of esters is 1. The smallest absolute Gasteiger partial charge is 0.350 e. The molecule has 3 aromatic rings. The molecule has 1 aromatic carbocycles. The number of nitrogens with one attached hydrogen (secondary N) is 1. The Labute approximate surface area is 187 Å². The predicted octanol–water partition coefficient (Wildman–Crippen LogP) is 2.05. The fourth-order valence-corrected chi connectivity index (χ4v) is 4.67. The van der Waals surface area contributed by atoms with Crippen LogP contribution in [0, 0.1) is 0 Å². The van der Waals surface area contributed by atoms with Gasteiger partial charge in [-0.05, 0) is 6.07 Å². The third-order valence-corrected chi connectivity index (χ3v) is 6.35. The number of amides is 2. The summed E-state index contributed by atoms with van der Waals surface area (Å²) in [7, 11) is 4.30. The number of aromatic nitrogens is 1. The van der Waals surface area contributed by atoms with Crippen LogP contribution in [0.1, 0.15) is 9.67 Å². The number of carbonyl (C=O) groups excluding carboxylic acids is 3. The molecule has 32 heavy (non-hydrogen) atoms. The number of hydrogen-bond acceptors (Lipinski definition) is 9. The topological polar surface area (TPSA) is 116 Å². The lowest BCUT2D eigenvalue weighted by Gasteiger charge is -2.26. The van der Waals surface area contributed by atoms with Crippen LogP contribution in [0.15, 0.2) is 18.3 Å². The number of hydrogen-bond donors (Lipinski definition) is 1. The van der Waals surface area contributed by atoms with Crippen LogP contribution in [0.5, 0.6) is 11.5 Å². The first-order valence-electron chi connectivity index (χ1n) is 9.72. The predicted molar refractivity (Wildman–Crippen MR) is 118 cm³/mol. The Kier molecular flexibility index (Phi) is 6.10. The number of pyridine rings is 1. The molecule has 4 rings (SSSR count). The number of ether oxygens (including phenoxy) is 4. The van der Waals surface area contributed by atoms with E-state index in [2.05, 4.69) is 10.3 Å². The van der Waals surface area contributed by atoms with Gasteiger partial charge in [-0.15, -0.1) is 11.3 Å². The zero-order valence-corrected chi connectivity index (χ0v) is 18.5. The second-order valence-corrected chi connectivity index (χ2v) is 7.90. The van der Waals surface area contributed by atoms with Crippen LogP contribution in [0.4, 0.5) is 5.69 Å². The molecule has 1 aliphatic rings. The number of methoxy groups -OCH3 is 3. The molecular weight excluding hydrogens is 438 g/mol. The van der Waals surface area contributed by atoms with Crippen molar-refractivity contribution in [2.45, 2.75) is 0 Å². The van der Waals surface area contributed by atoms with Gasteiger partial charge in [0.05, 0.1) is 45.7 Å². The molecule has 2 aromatic heterocycles. The van der Waals surface area contributed by atoms with Gasteiger partial charge in [-0.3, -0.25) is 14.6 Å². The van der Waals surface area contributed by atoms with Crippen LogP contribution in [0.3, 0.4) is 0 Å². The van der Waals surface area contributed by atoms with E-state index < -0.39 is 17.8 Å². The van der Waals surface area contributed by atoms with E-state index in [1.807, 2.05) is 0 Å². The van der Waals surface area contributed by atoms with Gasteiger partial charge in [0.1, 0.15) is 4.88 Å². The van der Waals surface area contributed by atoms with Crippen LogP contribution in [0.2, 0.25) is 0 Å². The van der Waals surface area contributed by atoms with E-state index in [0.717, 1.165) is 11.3 Å². The SMILES string of the molecule is COC(=O)c1sc2c(cnc3cc(OC)c(OC)cc32)c1NC(=O)C(=O)N1CCOCC1. The van der Waals surface area contributed by atoms with Gasteiger partial charge in [0, 0.05) is 40.8 Å². The number of nitrogens with zero attached hydrogens (tertiary/aromatic N) is 2. The molecule has 1 N–H and O–H groups in total. The molecule has 1 saturated heterocycles. The Bertz CT molecular complexity index is 1220. The van der Waals surface area contributed by atoms with Crippen LogP contribution in [-0.4, -0.2) is 75.3 Å². The minimum absolute atomic E-state index is 0.162. The Balaban J connectivity index is 1.81. The van der Waals surface area contributed by atoms with Gasteiger partial charge in [-0.1, -0.05) is 0 Å². The molecular formula is C21H21N3O7S. The molecule has 1 fully saturated rings. The number of carbonyl (C=O) groups is 3. The highest BCUT2D eigenvalue weighted by Crippen LogP contribution is 2.42. The lowest BCUT2D eigenvalue weighted by Crippen LogP contribution is -2.45. The maximum absolute atomic E-state index is 12.7. The molecule has 10 nitrogen and oxygen atoms in total. The lowest BCUT2D eigenvalue weighted by molar-refractivity contribution is -0.145. The Hall–Kier alpha value is -3.44. The summed E-state index contributed by atoms with van der Waals surface area (Å²) in [6, 6.07) is 3.48. The molecule has 2 amide bonds. The van der Waals surface area contributed by atoms with Gasteiger partial charge in [0.15, 0.2) is 11.5 Å². The minimum Gasteiger partial charge on any atom is -0.493 e. The van der Waals surface area contributed by atoms with Crippen molar-refractivity contribution in [3.8, 4) is 11.5 Å². The number of benzene rings is 1. The number of fused-ring (bicyclic) bond motifs is 3. The van der Waals surface area contributed by atoms with Crippen molar-refractivity contribution in [2.75, 3.05) is 52.9 Å². The lowest BCUT2D eigenvalue weighted by atomic mass is 10.1. The average Bonchev–Trinajstić information content (AvgIpc) is 3.21. The molecule has 3 heterocycles. The maximum Gasteiger partial charge on any atom is 0.350 e. The molecule has 0 bridgehead atoms. The molecule has 0 atom stereocenters. The van der Waals surface area contributed by atoms with Gasteiger partial charge in [-0.25, -0.2) is 4.79 Å². The first-order valence-corrected chi connectivity index (χ1v) is 10.5. The van der Waals surface area contributed by atoms with Gasteiger partial charge < -0.3 is 29.2 Å². The molecule has 0 spiro atoms. The van der Waals surface area contributed by atoms with Gasteiger partial charge in [0.25, 0.3) is 0 Å². The highest BCUT2D eigenvalue weighted by molar-refractivity contribution is 7.22. The average molecular weight is 459 g/mol. The van der Waals surface area contributed by atoms with Gasteiger partial charge >= 0.3 is 17.8 Å². The summed E-state index contributed by atoms with van der Waals surface area (Å²) < 4.78 is 21.5. The van der Waals surface area contributed by atoms with Crippen molar-refractivity contribution in [2.24, 2.45) is 0 Å². The Morgan fingerprint density at radius 2 is 1.75 bits per heavy atom. The zero-order valence-electron chi connectivity index (χ0n) is 17.7. The number of rotatable bonds is 4. The monoisotopic (exact) mass is 459 g/mol. The summed E-state index contributed by atoms with van der Waals surface area (Å²) in [5, 5.41) is 3.82. The summed E-state index contributed by atoms with van der Waals surface area (Å²) in [6.07, 6.45) is 1.54. The van der Waals surface area contributed by atoms with Crippen molar-refractivity contribution in [3.05, 3.63) is 23.2 Å². The third kappa shape index (κ3) is 3.80. The van der Waals surface area contributed by atoms with Crippen LogP contribution >= 0.6 is 11.3 Å². The van der Waals surface area contributed by atoms with Crippen molar-refractivity contribution in [3.63, 3.8) is 0 Å². The van der Waals surface area contributed by atoms with Gasteiger partial charge in [-0.2, -0.15) is 0 Å². The molecule has 11 heteroatoms. The van der Waals surface area contributed by atoms with Crippen molar-refractivity contribution in [1.29, 1.82) is 0 Å². The minimum atomic E-state index is -0.843. The standard InChI is InChI=1S/C21H21N3O7S/c1-28-14-8-11-13(9-15(14)29-2)22-10-12-16(18(21(27)30-3)32-17(11)12)23-19(25)20(26)24-4-6-31-7-5-24/h8-10H,4-7H2,1-3H3,(H,23,25). The van der Waals surface area contributed by atoms with Crippen molar-refractivity contribution >= 4 is 55.8 Å². The fourth-order valence-electron chi connectivity index (χ4n) is 3.50. The van der Waals surface area contributed by atoms with E-state index in [4.69, 9.17) is 18.9 Å². The van der Waals surface area contributed by atoms with Crippen molar-refractivity contribution in [1.82, 2.24) is 9.88 Å². The molecule has 168 valence electrons. The molecule has 0 unspecified atom stereocenters. The largest absolute Gasteiger partial charge is 0.493 e. The summed E-state index contributed by atoms with van der Waals surface area (Å²) in [4.78, 5) is 43.8. The van der Waals surface area contributed by atoms with Crippen LogP contribution < -0.4 is 14.8 Å². The zero-order chi connectivity index (χ0) is 22.8. The first-order chi connectivity index (χ1) is 15.5. The van der Waals surface area contributed by atoms with E-state index in [1.54, 1.807) is 18.3 Å². The normalized spacial score (nSPS) is 13.8. The van der Waals surface area contributed by atoms with E-state index >= 15 is 0 Å². The summed E-state index contributed by atoms with van der Waals surface area (Å²) in [5.74, 6) is -1.15. The highest BCUT2D eigenvalue weighted by atomic mass is 32.1. The number of morpholine rings is 1. The fraction of sp³-hybridized carbons (Fsp3) is 0.333. The Morgan fingerprint density at radius 1 is 1.06 bits per heavy atom. The Morgan fingerprint density at radius 3 is 2.41 bits per heavy atom. The second-order valence-electron chi connectivity index (χ2n) is 6.88. The second kappa shape index (κ2) is 8.97. The summed E-state index contributed by atoms with van der Waals surface area (Å²) in [5.41, 5.74) is 0.808. The summed E-state index contributed by atoms with van der Waals surface area (Å²) in [6.45, 7) is 1.40. The van der Waals surface area contributed by atoms with Crippen molar-refractivity contribution < 1.29 is 33.3 Å². The van der Waals surface area contributed by atoms with Crippen LogP contribution in [0.25, 0.3) is 21.0 Å². The summed E-state index contributed by atoms with van der Waals surface area (Å²) >= 11 is 1.14. The third-order valence-electron chi connectivity index (χ3n) is 5.13. The highest BCUT2D eigenvalue weighted by Gasteiger charge is 2.28. The van der Waals surface area contributed by atoms with E-state index in [-0.39, 0.29) is 10.6 Å². The number of thiophene rings is 1. The van der Waals surface area contributed by atoms with E-state index in [9.17, 15) is 14.4 Å². The molecule has 1 aliphatic heterocycles. The molecule has 0 saturated carbocycles. The quantitative estimate of drug-likeness (QED) is 0.466. The molecule has 0 aliphatic carbocycles. The molecule has 0 radical (unpaired) electrons. The number of anilines is 1. The van der Waals surface area contributed by atoms with Crippen LogP contribution in [-0.2, 0) is 19.1 Å². The van der Waals surface area contributed by atoms with Gasteiger partial charge in [0.2, 0.25) is 0 Å². The maximum atomic E-state index is 12.7. The van der Waals surface area contributed by atoms with E-state index in [0.29, 0.717) is 58.8 Å².